The molecule has 6 aromatic rings. The molecule has 1 unspecified atom stereocenters. The van der Waals surface area contributed by atoms with Crippen molar-refractivity contribution in [2.24, 2.45) is 0 Å². The molecule has 4 saturated heterocycles. The van der Waals surface area contributed by atoms with Gasteiger partial charge in [0.1, 0.15) is 36.9 Å². The van der Waals surface area contributed by atoms with Crippen molar-refractivity contribution in [3.05, 3.63) is 140 Å². The molecule has 4 aromatic carbocycles. The van der Waals surface area contributed by atoms with Crippen molar-refractivity contribution in [3.8, 4) is 11.5 Å². The zero-order chi connectivity index (χ0) is 69.0. The van der Waals surface area contributed by atoms with Crippen molar-refractivity contribution in [2.45, 2.75) is 51.6 Å². The standard InChI is InChI=1S/C33H45N8O3P.C30H42N8O2P.C4H5Cl.CH2O3.Na/c1-7-31(42)35-26-20-27(29(44-4)21-28(26)41-14-12-24(13-15-41)40-18-16-39(3)17-19-40)37-33-34-22-23(2)32(38-33)36-25-10-8-9-11-30(25)45(5,6)43;1-21-20-32-30(35-29(21)33-24-8-6-7-9-28(24)41(4,5)39)34-25-18-23(31)26(19-27(25)40-3)38-12-10-22(11-13-38)37-16-14-36(2)15-17-37;1-3-4(2)5;2-1-4-3;/h7-11,20-22,24H,1,12-19H2,2-6H3,(H,35,42)(H2,34,36,37,38);6-9,18-20,22H,4,10-17,31H2,1-3,5H3,(H2,32,33,34,35);3H,1-2H2;1,3H;/q;+1;;;+1/p-1. The number of halogens is 1. The fraction of sp³-hybridized carbons (Fsp3) is 0.397. The Morgan fingerprint density at radius 2 is 1.05 bits per heavy atom. The fourth-order valence-electron chi connectivity index (χ4n) is 11.6. The zero-order valence-corrected chi connectivity index (χ0v) is 61.7. The molecule has 0 saturated carbocycles. The quantitative estimate of drug-likeness (QED) is 0.00532. The van der Waals surface area contributed by atoms with Crippen LogP contribution in [0.2, 0.25) is 0 Å². The van der Waals surface area contributed by atoms with E-state index < -0.39 is 14.3 Å². The normalized spacial score (nSPS) is 16.3. The Bertz CT molecular complexity index is 3700. The van der Waals surface area contributed by atoms with Crippen molar-refractivity contribution in [3.63, 3.8) is 0 Å². The number of anilines is 12. The van der Waals surface area contributed by atoms with Gasteiger partial charge in [-0.2, -0.15) is 9.97 Å². The summed E-state index contributed by atoms with van der Waals surface area (Å²) in [6.07, 6.45) is 10.6. The van der Waals surface area contributed by atoms with E-state index in [1.165, 1.54) is 12.2 Å². The first kappa shape index (κ1) is 77.8. The second-order valence-corrected chi connectivity index (χ2v) is 30.6. The number of methoxy groups -OCH3 is 2. The summed E-state index contributed by atoms with van der Waals surface area (Å²) >= 11 is 5.15. The average Bonchev–Trinajstić information content (AvgIpc) is 0.805. The minimum absolute atomic E-state index is 0. The molecule has 4 fully saturated rings. The van der Waals surface area contributed by atoms with E-state index in [-0.39, 0.29) is 41.9 Å². The molecule has 510 valence electrons. The van der Waals surface area contributed by atoms with Gasteiger partial charge >= 0.3 is 29.6 Å². The number of rotatable bonds is 20. The SMILES string of the molecule is C=CC(=C)Cl.C=CC(=O)Nc1cc(Nc2ncc(C)c(Nc3ccccc3P(C)(C)=O)n2)c(OC)cc1N1CCC(N2CCN(C)CC2)CC1.O=CO[O-].[CH2+]P(C)(=O)c1ccccc1Nc1nc(Nc2cc(N)c(N3CCC(N4CCN(C)CC4)CC3)cc2OC)ncc1C.[Na+]. The van der Waals surface area contributed by atoms with Crippen molar-refractivity contribution < 1.29 is 67.9 Å². The van der Waals surface area contributed by atoms with Crippen molar-refractivity contribution in [1.82, 2.24) is 39.5 Å². The third-order valence-electron chi connectivity index (χ3n) is 16.9. The first-order chi connectivity index (χ1) is 45.4. The second kappa shape index (κ2) is 37.0. The van der Waals surface area contributed by atoms with Gasteiger partial charge in [-0.15, -0.1) is 0 Å². The average molecular weight is 1380 g/mol. The van der Waals surface area contributed by atoms with E-state index in [0.29, 0.717) is 85.9 Å². The van der Waals surface area contributed by atoms with Gasteiger partial charge in [-0.25, -0.2) is 9.97 Å². The van der Waals surface area contributed by atoms with Crippen LogP contribution < -0.4 is 97.0 Å². The van der Waals surface area contributed by atoms with Crippen LogP contribution in [0.5, 0.6) is 11.5 Å². The maximum absolute atomic E-state index is 12.9. The van der Waals surface area contributed by atoms with E-state index in [9.17, 15) is 13.9 Å². The molecule has 1 atom stereocenters. The van der Waals surface area contributed by atoms with Crippen LogP contribution in [0.15, 0.2) is 122 Å². The molecular weight excluding hydrogens is 1290 g/mol. The van der Waals surface area contributed by atoms with Crippen molar-refractivity contribution >= 4 is 118 Å². The minimum atomic E-state index is -2.73. The topological polar surface area (TPSA) is 276 Å². The summed E-state index contributed by atoms with van der Waals surface area (Å²) in [5.74, 6) is 2.91. The molecule has 28 heteroatoms. The van der Waals surface area contributed by atoms with Gasteiger partial charge in [0.15, 0.2) is 0 Å². The molecule has 10 rings (SSSR count). The Labute approximate surface area is 593 Å². The molecule has 7 N–H and O–H groups in total. The number of hydrogen-bond donors (Lipinski definition) is 6. The predicted molar refractivity (Wildman–Crippen MR) is 387 cm³/mol. The number of carbonyl (C=O) groups is 2. The third-order valence-corrected chi connectivity index (χ3v) is 20.0. The Morgan fingerprint density at radius 3 is 1.46 bits per heavy atom. The van der Waals surface area contributed by atoms with Crippen LogP contribution in [-0.4, -0.2) is 191 Å². The van der Waals surface area contributed by atoms with Crippen molar-refractivity contribution in [1.29, 1.82) is 0 Å². The van der Waals surface area contributed by atoms with Gasteiger partial charge in [-0.3, -0.25) is 24.0 Å². The summed E-state index contributed by atoms with van der Waals surface area (Å²) < 4.78 is 37.2. The molecule has 0 radical (unpaired) electrons. The number of allylic oxidation sites excluding steroid dienone is 2. The smallest absolute Gasteiger partial charge is 0.662 e. The largest absolute Gasteiger partial charge is 1.00 e. The summed E-state index contributed by atoms with van der Waals surface area (Å²) in [6, 6.07) is 23.9. The van der Waals surface area contributed by atoms with Crippen LogP contribution >= 0.6 is 25.9 Å². The van der Waals surface area contributed by atoms with Crippen LogP contribution in [-0.2, 0) is 23.6 Å². The van der Waals surface area contributed by atoms with E-state index >= 15 is 0 Å². The molecule has 24 nitrogen and oxygen atoms in total. The summed E-state index contributed by atoms with van der Waals surface area (Å²) in [4.78, 5) is 56.9. The second-order valence-electron chi connectivity index (χ2n) is 24.3. The number of hydrogen-bond acceptors (Lipinski definition) is 23. The molecule has 1 amide bonds. The minimum Gasteiger partial charge on any atom is -0.662 e. The van der Waals surface area contributed by atoms with Crippen LogP contribution in [0, 0.1) is 20.5 Å². The molecule has 6 heterocycles. The summed E-state index contributed by atoms with van der Waals surface area (Å²) in [7, 11) is 2.41. The first-order valence-corrected chi connectivity index (χ1v) is 36.8. The number of amides is 1. The molecule has 0 spiro atoms. The molecule has 0 aliphatic carbocycles. The number of ether oxygens (including phenoxy) is 2. The summed E-state index contributed by atoms with van der Waals surface area (Å²) in [6.45, 7) is 35.7. The first-order valence-electron chi connectivity index (χ1n) is 31.4. The number of benzene rings is 4. The molecular formula is C68H93ClN16NaO8P2+. The van der Waals surface area contributed by atoms with Crippen LogP contribution in [0.1, 0.15) is 36.8 Å². The van der Waals surface area contributed by atoms with Gasteiger partial charge in [-0.1, -0.05) is 61.7 Å². The van der Waals surface area contributed by atoms with E-state index in [1.807, 2.05) is 86.6 Å². The van der Waals surface area contributed by atoms with Gasteiger partial charge < -0.3 is 76.1 Å². The molecule has 96 heavy (non-hydrogen) atoms. The molecule has 4 aliphatic rings. The number of carbonyl (C=O) groups excluding carboxylic acids is 2. The fourth-order valence-corrected chi connectivity index (χ4v) is 13.8. The van der Waals surface area contributed by atoms with Gasteiger partial charge in [-0.05, 0) is 109 Å². The van der Waals surface area contributed by atoms with E-state index in [1.54, 1.807) is 46.6 Å². The number of nitrogens with one attached hydrogen (secondary N) is 5. The Kier molecular flexibility index (Phi) is 30.0. The molecule has 0 bridgehead atoms. The number of likely N-dealkylation sites (N-methyl/N-ethyl adjacent to an activating group) is 2. The van der Waals surface area contributed by atoms with E-state index in [4.69, 9.17) is 46.8 Å². The van der Waals surface area contributed by atoms with Gasteiger partial charge in [0.05, 0.1) is 65.0 Å². The Morgan fingerprint density at radius 1 is 0.646 bits per heavy atom. The summed E-state index contributed by atoms with van der Waals surface area (Å²) in [5.41, 5.74) is 14.3. The number of piperazine rings is 2. The van der Waals surface area contributed by atoms with E-state index in [2.05, 4.69) is 111 Å². The van der Waals surface area contributed by atoms with E-state index in [0.717, 1.165) is 138 Å². The number of nitrogens with two attached hydrogens (primary N) is 1. The maximum atomic E-state index is 12.9. The van der Waals surface area contributed by atoms with Gasteiger partial charge in [0.2, 0.25) is 17.8 Å². The van der Waals surface area contributed by atoms with Crippen LogP contribution in [0.4, 0.5) is 69.0 Å². The van der Waals surface area contributed by atoms with Gasteiger partial charge in [0.25, 0.3) is 13.6 Å². The number of nitrogens with zero attached hydrogens (tertiary/aromatic N) is 10. The number of aromatic nitrogens is 4. The number of aryl methyl sites for hydroxylation is 2. The monoisotopic (exact) mass is 1380 g/mol. The third kappa shape index (κ3) is 22.2. The Hall–Kier alpha value is -7.18. The maximum Gasteiger partial charge on any atom is 1.00 e. The predicted octanol–water partition coefficient (Wildman–Crippen LogP) is 6.72. The molecule has 4 aliphatic heterocycles. The number of piperidine rings is 2. The number of nitrogen functional groups attached to an aromatic ring is 1. The number of para-hydroxylation sites is 2. The molecule has 2 aromatic heterocycles. The summed E-state index contributed by atoms with van der Waals surface area (Å²) in [5, 5.41) is 26.6. The van der Waals surface area contributed by atoms with Crippen LogP contribution in [0.3, 0.4) is 0 Å². The zero-order valence-electron chi connectivity index (χ0n) is 57.2. The van der Waals surface area contributed by atoms with Crippen molar-refractivity contribution in [2.75, 3.05) is 169 Å². The Balaban J connectivity index is 0.000000268. The van der Waals surface area contributed by atoms with Gasteiger partial charge in [0, 0.05) is 143 Å². The van der Waals surface area contributed by atoms with Crippen LogP contribution in [0.25, 0.3) is 0 Å².